The number of carbonyl (C=O) groups excluding carboxylic acids is 3. The van der Waals surface area contributed by atoms with E-state index in [1.54, 1.807) is 0 Å². The van der Waals surface area contributed by atoms with Crippen LogP contribution in [0.1, 0.15) is 214 Å². The van der Waals surface area contributed by atoms with Crippen LogP contribution in [0.5, 0.6) is 0 Å². The van der Waals surface area contributed by atoms with Crippen LogP contribution in [0.25, 0.3) is 0 Å². The molecule has 6 nitrogen and oxygen atoms in total. The molecule has 0 spiro atoms. The van der Waals surface area contributed by atoms with Gasteiger partial charge in [-0.1, -0.05) is 176 Å². The van der Waals surface area contributed by atoms with Crippen LogP contribution in [0.15, 0.2) is 0 Å². The smallest absolute Gasteiger partial charge is 0.306 e. The molecule has 0 amide bonds. The summed E-state index contributed by atoms with van der Waals surface area (Å²) in [6.07, 6.45) is 29.8. The average Bonchev–Trinajstić information content (AvgIpc) is 3.03. The Balaban J connectivity index is 4.19. The predicted octanol–water partition coefficient (Wildman–Crippen LogP) is 12.2. The van der Waals surface area contributed by atoms with E-state index in [1.165, 1.54) is 96.3 Å². The van der Waals surface area contributed by atoms with Gasteiger partial charge in [-0.25, -0.2) is 0 Å². The van der Waals surface area contributed by atoms with Gasteiger partial charge in [0.1, 0.15) is 13.2 Å². The van der Waals surface area contributed by atoms with E-state index >= 15 is 0 Å². The van der Waals surface area contributed by atoms with E-state index in [0.717, 1.165) is 76.0 Å². The van der Waals surface area contributed by atoms with Crippen molar-refractivity contribution >= 4 is 17.9 Å². The first kappa shape index (κ1) is 45.4. The van der Waals surface area contributed by atoms with Gasteiger partial charge in [0.25, 0.3) is 0 Å². The summed E-state index contributed by atoms with van der Waals surface area (Å²) in [5, 5.41) is 0. The van der Waals surface area contributed by atoms with Gasteiger partial charge in [0.2, 0.25) is 0 Å². The Morgan fingerprint density at radius 3 is 1.04 bits per heavy atom. The summed E-state index contributed by atoms with van der Waals surface area (Å²) in [4.78, 5) is 37.2. The summed E-state index contributed by atoms with van der Waals surface area (Å²) in [6, 6.07) is 0. The van der Waals surface area contributed by atoms with Crippen molar-refractivity contribution in [3.8, 4) is 0 Å². The molecule has 0 aliphatic carbocycles. The molecule has 0 fully saturated rings. The summed E-state index contributed by atoms with van der Waals surface area (Å²) in [5.74, 6) is 0.727. The third-order valence-corrected chi connectivity index (χ3v) is 8.97. The van der Waals surface area contributed by atoms with Crippen molar-refractivity contribution in [1.82, 2.24) is 0 Å². The minimum Gasteiger partial charge on any atom is -0.462 e. The van der Waals surface area contributed by atoms with E-state index in [0.29, 0.717) is 19.3 Å². The third kappa shape index (κ3) is 35.5. The lowest BCUT2D eigenvalue weighted by Gasteiger charge is -2.18. The molecule has 0 saturated carbocycles. The highest BCUT2D eigenvalue weighted by atomic mass is 16.6. The van der Waals surface area contributed by atoms with Crippen LogP contribution < -0.4 is 0 Å². The SMILES string of the molecule is CCCCCCCC(=O)O[C@@H](COC(=O)CCCCCCCCCCCCCC(C)C)COC(=O)CCCCCCCCCC(C)C. The molecular weight excluding hydrogens is 588 g/mol. The van der Waals surface area contributed by atoms with Crippen LogP contribution in [0.2, 0.25) is 0 Å². The topological polar surface area (TPSA) is 78.9 Å². The predicted molar refractivity (Wildman–Crippen MR) is 196 cm³/mol. The molecule has 0 rings (SSSR count). The van der Waals surface area contributed by atoms with Gasteiger partial charge in [0.15, 0.2) is 6.10 Å². The van der Waals surface area contributed by atoms with Crippen molar-refractivity contribution in [2.24, 2.45) is 11.8 Å². The third-order valence-electron chi connectivity index (χ3n) is 8.97. The molecule has 6 heteroatoms. The summed E-state index contributed by atoms with van der Waals surface area (Å²) >= 11 is 0. The quantitative estimate of drug-likeness (QED) is 0.0380. The van der Waals surface area contributed by atoms with Gasteiger partial charge >= 0.3 is 17.9 Å². The van der Waals surface area contributed by atoms with Crippen molar-refractivity contribution in [3.05, 3.63) is 0 Å². The summed E-state index contributed by atoms with van der Waals surface area (Å²) in [5.41, 5.74) is 0. The van der Waals surface area contributed by atoms with Crippen LogP contribution in [-0.4, -0.2) is 37.2 Å². The molecule has 1 atom stereocenters. The second kappa shape index (κ2) is 34.3. The molecule has 0 aromatic heterocycles. The second-order valence-electron chi connectivity index (χ2n) is 14.9. The van der Waals surface area contributed by atoms with E-state index in [-0.39, 0.29) is 31.1 Å². The number of rotatable bonds is 35. The van der Waals surface area contributed by atoms with Crippen molar-refractivity contribution in [3.63, 3.8) is 0 Å². The normalized spacial score (nSPS) is 12.1. The number of carbonyl (C=O) groups is 3. The molecule has 278 valence electrons. The molecule has 47 heavy (non-hydrogen) atoms. The van der Waals surface area contributed by atoms with Crippen molar-refractivity contribution in [2.45, 2.75) is 221 Å². The Bertz CT molecular complexity index is 719. The van der Waals surface area contributed by atoms with Gasteiger partial charge in [0, 0.05) is 19.3 Å². The molecule has 0 aromatic carbocycles. The minimum atomic E-state index is -0.757. The van der Waals surface area contributed by atoms with Gasteiger partial charge in [-0.15, -0.1) is 0 Å². The largest absolute Gasteiger partial charge is 0.462 e. The summed E-state index contributed by atoms with van der Waals surface area (Å²) in [6.45, 7) is 11.2. The maximum absolute atomic E-state index is 12.5. The molecule has 0 bridgehead atoms. The Kier molecular flexibility index (Phi) is 33.1. The first-order valence-corrected chi connectivity index (χ1v) is 20.2. The van der Waals surface area contributed by atoms with Gasteiger partial charge in [-0.2, -0.15) is 0 Å². The van der Waals surface area contributed by atoms with E-state index < -0.39 is 6.10 Å². The molecule has 0 radical (unpaired) electrons. The zero-order chi connectivity index (χ0) is 34.8. The van der Waals surface area contributed by atoms with Crippen LogP contribution in [-0.2, 0) is 28.6 Å². The zero-order valence-electron chi connectivity index (χ0n) is 31.9. The maximum atomic E-state index is 12.5. The average molecular weight is 667 g/mol. The molecule has 0 aromatic rings. The molecule has 0 heterocycles. The van der Waals surface area contributed by atoms with Gasteiger partial charge in [-0.05, 0) is 31.1 Å². The van der Waals surface area contributed by atoms with Crippen molar-refractivity contribution in [2.75, 3.05) is 13.2 Å². The monoisotopic (exact) mass is 667 g/mol. The lowest BCUT2D eigenvalue weighted by Crippen LogP contribution is -2.30. The number of hydrogen-bond donors (Lipinski definition) is 0. The minimum absolute atomic E-state index is 0.0675. The molecule has 0 unspecified atom stereocenters. The number of esters is 3. The fraction of sp³-hybridized carbons (Fsp3) is 0.927. The number of ether oxygens (including phenoxy) is 3. The molecule has 0 saturated heterocycles. The van der Waals surface area contributed by atoms with E-state index in [2.05, 4.69) is 34.6 Å². The van der Waals surface area contributed by atoms with Gasteiger partial charge in [-0.3, -0.25) is 14.4 Å². The molecular formula is C41H78O6. The molecule has 0 N–H and O–H groups in total. The Hall–Kier alpha value is -1.59. The van der Waals surface area contributed by atoms with E-state index in [4.69, 9.17) is 14.2 Å². The van der Waals surface area contributed by atoms with Crippen LogP contribution >= 0.6 is 0 Å². The summed E-state index contributed by atoms with van der Waals surface area (Å²) in [7, 11) is 0. The van der Waals surface area contributed by atoms with Crippen molar-refractivity contribution < 1.29 is 28.6 Å². The lowest BCUT2D eigenvalue weighted by atomic mass is 10.0. The Morgan fingerprint density at radius 2 is 0.702 bits per heavy atom. The van der Waals surface area contributed by atoms with Crippen LogP contribution in [0.4, 0.5) is 0 Å². The Labute approximate surface area is 291 Å². The maximum Gasteiger partial charge on any atom is 0.306 e. The molecule has 0 aliphatic heterocycles. The standard InChI is InChI=1S/C41H78O6/c1-6-7-8-19-28-33-41(44)47-38(35-46-40(43)32-27-23-18-14-16-21-25-30-37(4)5)34-45-39(42)31-26-22-17-13-11-9-10-12-15-20-24-29-36(2)3/h36-38H,6-35H2,1-5H3/t38-/m0/s1. The summed E-state index contributed by atoms with van der Waals surface area (Å²) < 4.78 is 16.5. The highest BCUT2D eigenvalue weighted by Crippen LogP contribution is 2.16. The fourth-order valence-electron chi connectivity index (χ4n) is 5.87. The highest BCUT2D eigenvalue weighted by molar-refractivity contribution is 5.71. The zero-order valence-corrected chi connectivity index (χ0v) is 31.9. The number of unbranched alkanes of at least 4 members (excludes halogenated alkanes) is 20. The Morgan fingerprint density at radius 1 is 0.404 bits per heavy atom. The first-order valence-electron chi connectivity index (χ1n) is 20.2. The molecule has 0 aliphatic rings. The van der Waals surface area contributed by atoms with Gasteiger partial charge < -0.3 is 14.2 Å². The van der Waals surface area contributed by atoms with Crippen LogP contribution in [0.3, 0.4) is 0 Å². The highest BCUT2D eigenvalue weighted by Gasteiger charge is 2.19. The fourth-order valence-corrected chi connectivity index (χ4v) is 5.87. The second-order valence-corrected chi connectivity index (χ2v) is 14.9. The van der Waals surface area contributed by atoms with Crippen LogP contribution in [0, 0.1) is 11.8 Å². The van der Waals surface area contributed by atoms with Gasteiger partial charge in [0.05, 0.1) is 0 Å². The lowest BCUT2D eigenvalue weighted by molar-refractivity contribution is -0.167. The van der Waals surface area contributed by atoms with E-state index in [1.807, 2.05) is 0 Å². The first-order chi connectivity index (χ1) is 22.7. The van der Waals surface area contributed by atoms with E-state index in [9.17, 15) is 14.4 Å². The number of hydrogen-bond acceptors (Lipinski definition) is 6. The van der Waals surface area contributed by atoms with Crippen molar-refractivity contribution in [1.29, 1.82) is 0 Å².